The topological polar surface area (TPSA) is 85.2 Å². The Balaban J connectivity index is 1.37. The molecular formula is C23H28N6O2S2. The van der Waals surface area contributed by atoms with E-state index in [0.717, 1.165) is 36.7 Å². The number of carbonyl (C=O) groups excluding carboxylic acids is 1. The standard InChI is InChI=1S/C23H28N6O2S2/c1-31-12-9-29-22(19-5-7-24-8-6-19)26-27-23(29)33-17-21(30)25-20-4-2-3-18(15-20)16-28-10-13-32-14-11-28/h2-8,15H,9-14,16-17H2,1H3,(H,25,30). The Morgan fingerprint density at radius 2 is 2.00 bits per heavy atom. The molecule has 4 rings (SSSR count). The first-order chi connectivity index (χ1) is 16.2. The summed E-state index contributed by atoms with van der Waals surface area (Å²) in [5, 5.41) is 12.4. The third kappa shape index (κ3) is 6.80. The normalized spacial score (nSPS) is 14.3. The lowest BCUT2D eigenvalue weighted by Gasteiger charge is -2.26. The number of amides is 1. The Labute approximate surface area is 202 Å². The number of aromatic nitrogens is 4. The minimum atomic E-state index is -0.0710. The van der Waals surface area contributed by atoms with Crippen LogP contribution in [0, 0.1) is 0 Å². The number of anilines is 1. The van der Waals surface area contributed by atoms with Crippen molar-refractivity contribution in [3.8, 4) is 11.4 Å². The number of carbonyl (C=O) groups is 1. The highest BCUT2D eigenvalue weighted by Gasteiger charge is 2.16. The zero-order chi connectivity index (χ0) is 22.9. The Kier molecular flexibility index (Phi) is 8.76. The van der Waals surface area contributed by atoms with Crippen LogP contribution >= 0.6 is 23.5 Å². The minimum absolute atomic E-state index is 0.0710. The molecule has 3 aromatic rings. The smallest absolute Gasteiger partial charge is 0.234 e. The summed E-state index contributed by atoms with van der Waals surface area (Å²) < 4.78 is 7.23. The monoisotopic (exact) mass is 484 g/mol. The minimum Gasteiger partial charge on any atom is -0.383 e. The average Bonchev–Trinajstić information content (AvgIpc) is 3.25. The van der Waals surface area contributed by atoms with Crippen LogP contribution in [0.2, 0.25) is 0 Å². The van der Waals surface area contributed by atoms with E-state index in [1.807, 2.05) is 40.6 Å². The first-order valence-electron chi connectivity index (χ1n) is 10.9. The molecule has 0 radical (unpaired) electrons. The highest BCUT2D eigenvalue weighted by molar-refractivity contribution is 7.99. The molecule has 1 fully saturated rings. The molecule has 0 bridgehead atoms. The van der Waals surface area contributed by atoms with E-state index in [1.165, 1.54) is 28.8 Å². The van der Waals surface area contributed by atoms with E-state index < -0.39 is 0 Å². The van der Waals surface area contributed by atoms with Crippen LogP contribution in [0.4, 0.5) is 5.69 Å². The second kappa shape index (κ2) is 12.2. The molecule has 0 unspecified atom stereocenters. The molecule has 1 N–H and O–H groups in total. The van der Waals surface area contributed by atoms with Crippen LogP contribution in [0.25, 0.3) is 11.4 Å². The van der Waals surface area contributed by atoms with Crippen molar-refractivity contribution in [3.05, 3.63) is 54.4 Å². The van der Waals surface area contributed by atoms with Crippen LogP contribution in [0.5, 0.6) is 0 Å². The molecule has 0 aliphatic carbocycles. The number of benzene rings is 1. The molecule has 0 atom stereocenters. The SMILES string of the molecule is COCCn1c(SCC(=O)Nc2cccc(CN3CCSCC3)c2)nnc1-c1ccncc1. The van der Waals surface area contributed by atoms with Crippen LogP contribution in [-0.2, 0) is 22.6 Å². The highest BCUT2D eigenvalue weighted by Crippen LogP contribution is 2.24. The summed E-state index contributed by atoms with van der Waals surface area (Å²) >= 11 is 3.38. The van der Waals surface area contributed by atoms with Gasteiger partial charge in [-0.25, -0.2) is 0 Å². The number of ether oxygens (including phenoxy) is 1. The molecule has 1 aliphatic heterocycles. The van der Waals surface area contributed by atoms with Gasteiger partial charge >= 0.3 is 0 Å². The second-order valence-corrected chi connectivity index (χ2v) is 9.78. The summed E-state index contributed by atoms with van der Waals surface area (Å²) in [6, 6.07) is 11.9. The van der Waals surface area contributed by atoms with Crippen molar-refractivity contribution in [2.45, 2.75) is 18.2 Å². The fourth-order valence-electron chi connectivity index (χ4n) is 3.59. The van der Waals surface area contributed by atoms with Gasteiger partial charge in [0.05, 0.1) is 18.9 Å². The van der Waals surface area contributed by atoms with Gasteiger partial charge < -0.3 is 10.1 Å². The van der Waals surface area contributed by atoms with Crippen molar-refractivity contribution in [1.82, 2.24) is 24.6 Å². The van der Waals surface area contributed by atoms with Gasteiger partial charge in [0.25, 0.3) is 0 Å². The van der Waals surface area contributed by atoms with Crippen molar-refractivity contribution in [2.24, 2.45) is 0 Å². The van der Waals surface area contributed by atoms with Gasteiger partial charge in [0.15, 0.2) is 11.0 Å². The average molecular weight is 485 g/mol. The number of methoxy groups -OCH3 is 1. The van der Waals surface area contributed by atoms with Crippen LogP contribution in [-0.4, -0.2) is 74.6 Å². The molecule has 1 amide bonds. The molecule has 0 spiro atoms. The van der Waals surface area contributed by atoms with Crippen LogP contribution in [0.3, 0.4) is 0 Å². The number of rotatable bonds is 10. The summed E-state index contributed by atoms with van der Waals surface area (Å²) in [6.07, 6.45) is 3.45. The van der Waals surface area contributed by atoms with E-state index in [2.05, 4.69) is 37.5 Å². The van der Waals surface area contributed by atoms with Gasteiger partial charge in [0.1, 0.15) is 0 Å². The van der Waals surface area contributed by atoms with Gasteiger partial charge in [0.2, 0.25) is 5.91 Å². The lowest BCUT2D eigenvalue weighted by Crippen LogP contribution is -2.31. The summed E-state index contributed by atoms with van der Waals surface area (Å²) in [6.45, 7) is 4.27. The van der Waals surface area contributed by atoms with E-state index in [1.54, 1.807) is 19.5 Å². The Hall–Kier alpha value is -2.40. The van der Waals surface area contributed by atoms with E-state index >= 15 is 0 Å². The maximum atomic E-state index is 12.7. The van der Waals surface area contributed by atoms with Crippen molar-refractivity contribution in [3.63, 3.8) is 0 Å². The number of hydrogen-bond acceptors (Lipinski definition) is 8. The number of hydrogen-bond donors (Lipinski definition) is 1. The van der Waals surface area contributed by atoms with E-state index in [9.17, 15) is 4.79 Å². The number of nitrogens with zero attached hydrogens (tertiary/aromatic N) is 5. The van der Waals surface area contributed by atoms with Crippen LogP contribution in [0.1, 0.15) is 5.56 Å². The number of pyridine rings is 1. The summed E-state index contributed by atoms with van der Waals surface area (Å²) in [5.41, 5.74) is 2.96. The van der Waals surface area contributed by atoms with Crippen molar-refractivity contribution >= 4 is 35.1 Å². The summed E-state index contributed by atoms with van der Waals surface area (Å²) in [7, 11) is 1.66. The lowest BCUT2D eigenvalue weighted by molar-refractivity contribution is -0.113. The molecular weight excluding hydrogens is 456 g/mol. The number of thioether (sulfide) groups is 2. The van der Waals surface area contributed by atoms with Gasteiger partial charge in [-0.1, -0.05) is 23.9 Å². The third-order valence-electron chi connectivity index (χ3n) is 5.23. The zero-order valence-corrected chi connectivity index (χ0v) is 20.3. The Morgan fingerprint density at radius 1 is 1.18 bits per heavy atom. The largest absolute Gasteiger partial charge is 0.383 e. The molecule has 33 heavy (non-hydrogen) atoms. The molecule has 3 heterocycles. The van der Waals surface area contributed by atoms with Crippen molar-refractivity contribution in [1.29, 1.82) is 0 Å². The zero-order valence-electron chi connectivity index (χ0n) is 18.6. The Bertz CT molecular complexity index is 1040. The van der Waals surface area contributed by atoms with Gasteiger partial charge in [-0.05, 0) is 29.8 Å². The predicted octanol–water partition coefficient (Wildman–Crippen LogP) is 3.27. The second-order valence-electron chi connectivity index (χ2n) is 7.61. The molecule has 1 saturated heterocycles. The molecule has 8 nitrogen and oxygen atoms in total. The van der Waals surface area contributed by atoms with Crippen LogP contribution < -0.4 is 5.32 Å². The third-order valence-corrected chi connectivity index (χ3v) is 7.14. The van der Waals surface area contributed by atoms with Gasteiger partial charge in [-0.15, -0.1) is 10.2 Å². The molecule has 2 aromatic heterocycles. The van der Waals surface area contributed by atoms with E-state index in [4.69, 9.17) is 4.74 Å². The molecule has 10 heteroatoms. The highest BCUT2D eigenvalue weighted by atomic mass is 32.2. The fraction of sp³-hybridized carbons (Fsp3) is 0.391. The first kappa shape index (κ1) is 23.7. The lowest BCUT2D eigenvalue weighted by atomic mass is 10.2. The van der Waals surface area contributed by atoms with Crippen molar-refractivity contribution in [2.75, 3.05) is 49.4 Å². The number of nitrogens with one attached hydrogen (secondary N) is 1. The van der Waals surface area contributed by atoms with E-state index in [-0.39, 0.29) is 11.7 Å². The molecule has 0 saturated carbocycles. The predicted molar refractivity (Wildman–Crippen MR) is 134 cm³/mol. The molecule has 1 aromatic carbocycles. The molecule has 174 valence electrons. The van der Waals surface area contributed by atoms with Crippen molar-refractivity contribution < 1.29 is 9.53 Å². The van der Waals surface area contributed by atoms with Crippen LogP contribution in [0.15, 0.2) is 53.9 Å². The van der Waals surface area contributed by atoms with Gasteiger partial charge in [0, 0.05) is 61.9 Å². The van der Waals surface area contributed by atoms with E-state index in [0.29, 0.717) is 18.3 Å². The summed E-state index contributed by atoms with van der Waals surface area (Å²) in [4.78, 5) is 19.2. The van der Waals surface area contributed by atoms with Gasteiger partial charge in [-0.3, -0.25) is 19.2 Å². The fourth-order valence-corrected chi connectivity index (χ4v) is 5.33. The quantitative estimate of drug-likeness (QED) is 0.439. The maximum absolute atomic E-state index is 12.7. The summed E-state index contributed by atoms with van der Waals surface area (Å²) in [5.74, 6) is 3.28. The van der Waals surface area contributed by atoms with Gasteiger partial charge in [-0.2, -0.15) is 11.8 Å². The maximum Gasteiger partial charge on any atom is 0.234 e. The first-order valence-corrected chi connectivity index (χ1v) is 13.0. The molecule has 1 aliphatic rings. The Morgan fingerprint density at radius 3 is 2.79 bits per heavy atom.